The number of fused-ring (bicyclic) bond motifs is 1. The lowest BCUT2D eigenvalue weighted by Crippen LogP contribution is -2.54. The van der Waals surface area contributed by atoms with Crippen molar-refractivity contribution in [2.24, 2.45) is 0 Å². The number of benzene rings is 1. The number of carbonyl (C=O) groups excluding carboxylic acids is 4. The largest absolute Gasteiger partial charge is 0.390 e. The molecule has 0 aromatic heterocycles. The van der Waals surface area contributed by atoms with Crippen molar-refractivity contribution in [2.75, 3.05) is 13.1 Å². The third-order valence-corrected chi connectivity index (χ3v) is 5.25. The lowest BCUT2D eigenvalue weighted by Gasteiger charge is -2.27. The summed E-state index contributed by atoms with van der Waals surface area (Å²) in [6, 6.07) is 3.94. The van der Waals surface area contributed by atoms with Gasteiger partial charge in [0.2, 0.25) is 11.8 Å². The first-order valence-corrected chi connectivity index (χ1v) is 8.92. The molecule has 3 heterocycles. The molecule has 0 bridgehead atoms. The number of rotatable bonds is 4. The molecule has 0 radical (unpaired) electrons. The summed E-state index contributed by atoms with van der Waals surface area (Å²) in [5.74, 6) is -2.05. The molecule has 1 unspecified atom stereocenters. The van der Waals surface area contributed by atoms with Gasteiger partial charge in [-0.05, 0) is 24.1 Å². The van der Waals surface area contributed by atoms with Gasteiger partial charge in [0.15, 0.2) is 0 Å². The van der Waals surface area contributed by atoms with Crippen molar-refractivity contribution in [1.82, 2.24) is 20.9 Å². The summed E-state index contributed by atoms with van der Waals surface area (Å²) in [4.78, 5) is 49.7. The minimum atomic E-state index is -0.962. The quantitative estimate of drug-likeness (QED) is 0.474. The maximum absolute atomic E-state index is 12.8. The highest BCUT2D eigenvalue weighted by atomic mass is 16.3. The van der Waals surface area contributed by atoms with Gasteiger partial charge < -0.3 is 15.7 Å². The van der Waals surface area contributed by atoms with Crippen LogP contribution in [0.25, 0.3) is 0 Å². The maximum atomic E-state index is 12.8. The van der Waals surface area contributed by atoms with Crippen LogP contribution in [0.4, 0.5) is 0 Å². The van der Waals surface area contributed by atoms with Crippen LogP contribution in [-0.4, -0.2) is 64.9 Å². The molecule has 0 spiro atoms. The average Bonchev–Trinajstić information content (AvgIpc) is 3.15. The van der Waals surface area contributed by atoms with Gasteiger partial charge in [-0.2, -0.15) is 0 Å². The van der Waals surface area contributed by atoms with Crippen molar-refractivity contribution in [3.63, 3.8) is 0 Å². The Kier molecular flexibility index (Phi) is 4.50. The Labute approximate surface area is 155 Å². The molecule has 1 aromatic carbocycles. The van der Waals surface area contributed by atoms with E-state index in [4.69, 9.17) is 0 Å². The molecule has 0 aliphatic carbocycles. The molecule has 0 saturated carbocycles. The van der Waals surface area contributed by atoms with Crippen LogP contribution >= 0.6 is 0 Å². The maximum Gasteiger partial charge on any atom is 0.262 e. The van der Waals surface area contributed by atoms with E-state index in [-0.39, 0.29) is 30.0 Å². The average molecular weight is 372 g/mol. The standard InChI is InChI=1S/C18H20N4O5/c23-14-8-19-7-12(14)20-6-9-1-2-10-11(5-9)18(27)22(17(10)26)13-3-4-15(24)21-16(13)25/h1-2,5,12-14,19-20,23H,3-4,6-8H2,(H,21,24,25)/t12-,13?,14-/m1/s1. The summed E-state index contributed by atoms with van der Waals surface area (Å²) < 4.78 is 0. The molecule has 9 heteroatoms. The summed E-state index contributed by atoms with van der Waals surface area (Å²) >= 11 is 0. The van der Waals surface area contributed by atoms with Crippen molar-refractivity contribution in [3.05, 3.63) is 34.9 Å². The highest BCUT2D eigenvalue weighted by molar-refractivity contribution is 6.23. The molecular formula is C18H20N4O5. The SMILES string of the molecule is O=C1CCC(N2C(=O)c3ccc(CN[C@@H]4CNC[C@H]4O)cc3C2=O)C(=O)N1. The smallest absolute Gasteiger partial charge is 0.262 e. The minimum Gasteiger partial charge on any atom is -0.390 e. The fourth-order valence-corrected chi connectivity index (χ4v) is 3.75. The van der Waals surface area contributed by atoms with Crippen molar-refractivity contribution < 1.29 is 24.3 Å². The number of amides is 4. The van der Waals surface area contributed by atoms with Crippen LogP contribution in [0.5, 0.6) is 0 Å². The molecule has 27 heavy (non-hydrogen) atoms. The monoisotopic (exact) mass is 372 g/mol. The number of imide groups is 2. The number of aliphatic hydroxyl groups is 1. The van der Waals surface area contributed by atoms with E-state index >= 15 is 0 Å². The lowest BCUT2D eigenvalue weighted by atomic mass is 10.0. The summed E-state index contributed by atoms with van der Waals surface area (Å²) in [7, 11) is 0. The van der Waals surface area contributed by atoms with Crippen LogP contribution in [0.1, 0.15) is 39.1 Å². The number of nitrogens with one attached hydrogen (secondary N) is 3. The van der Waals surface area contributed by atoms with Crippen LogP contribution < -0.4 is 16.0 Å². The van der Waals surface area contributed by atoms with E-state index in [0.29, 0.717) is 19.6 Å². The summed E-state index contributed by atoms with van der Waals surface area (Å²) in [5.41, 5.74) is 1.32. The van der Waals surface area contributed by atoms with E-state index in [1.54, 1.807) is 18.2 Å². The third-order valence-electron chi connectivity index (χ3n) is 5.25. The van der Waals surface area contributed by atoms with Crippen molar-refractivity contribution in [3.8, 4) is 0 Å². The molecule has 1 aromatic rings. The van der Waals surface area contributed by atoms with E-state index in [1.807, 2.05) is 0 Å². The van der Waals surface area contributed by atoms with Gasteiger partial charge in [-0.1, -0.05) is 6.07 Å². The first-order valence-electron chi connectivity index (χ1n) is 8.92. The van der Waals surface area contributed by atoms with Gasteiger partial charge in [-0.3, -0.25) is 29.4 Å². The lowest BCUT2D eigenvalue weighted by molar-refractivity contribution is -0.136. The highest BCUT2D eigenvalue weighted by Gasteiger charge is 2.44. The Morgan fingerprint density at radius 2 is 1.89 bits per heavy atom. The summed E-state index contributed by atoms with van der Waals surface area (Å²) in [6.45, 7) is 1.64. The fraction of sp³-hybridized carbons (Fsp3) is 0.444. The van der Waals surface area contributed by atoms with Crippen LogP contribution in [0.3, 0.4) is 0 Å². The van der Waals surface area contributed by atoms with Gasteiger partial charge in [-0.25, -0.2) is 0 Å². The zero-order chi connectivity index (χ0) is 19.1. The predicted molar refractivity (Wildman–Crippen MR) is 92.6 cm³/mol. The molecule has 142 valence electrons. The molecule has 2 fully saturated rings. The van der Waals surface area contributed by atoms with Crippen LogP contribution in [0, 0.1) is 0 Å². The Bertz CT molecular complexity index is 839. The zero-order valence-electron chi connectivity index (χ0n) is 14.5. The Hall–Kier alpha value is -2.62. The second-order valence-corrected chi connectivity index (χ2v) is 7.04. The van der Waals surface area contributed by atoms with Gasteiger partial charge in [0.1, 0.15) is 6.04 Å². The molecule has 4 N–H and O–H groups in total. The molecule has 4 rings (SSSR count). The third kappa shape index (κ3) is 3.14. The number of nitrogens with zero attached hydrogens (tertiary/aromatic N) is 1. The number of carbonyl (C=O) groups is 4. The van der Waals surface area contributed by atoms with Crippen molar-refractivity contribution >= 4 is 23.6 Å². The van der Waals surface area contributed by atoms with E-state index in [0.717, 1.165) is 10.5 Å². The number of aliphatic hydroxyl groups excluding tert-OH is 1. The van der Waals surface area contributed by atoms with Gasteiger partial charge in [-0.15, -0.1) is 0 Å². The number of hydrogen-bond acceptors (Lipinski definition) is 7. The Morgan fingerprint density at radius 1 is 1.11 bits per heavy atom. The van der Waals surface area contributed by atoms with Gasteiger partial charge in [0, 0.05) is 32.1 Å². The predicted octanol–water partition coefficient (Wildman–Crippen LogP) is -1.49. The second-order valence-electron chi connectivity index (χ2n) is 7.04. The van der Waals surface area contributed by atoms with Crippen molar-refractivity contribution in [1.29, 1.82) is 0 Å². The van der Waals surface area contributed by atoms with Crippen LogP contribution in [0.15, 0.2) is 18.2 Å². The normalized spacial score (nSPS) is 27.9. The molecule has 9 nitrogen and oxygen atoms in total. The molecule has 4 amide bonds. The topological polar surface area (TPSA) is 128 Å². The number of hydrogen-bond donors (Lipinski definition) is 4. The van der Waals surface area contributed by atoms with E-state index < -0.39 is 35.8 Å². The minimum absolute atomic E-state index is 0.0736. The van der Waals surface area contributed by atoms with E-state index in [9.17, 15) is 24.3 Å². The van der Waals surface area contributed by atoms with Gasteiger partial charge in [0.05, 0.1) is 17.2 Å². The van der Waals surface area contributed by atoms with E-state index in [2.05, 4.69) is 16.0 Å². The highest BCUT2D eigenvalue weighted by Crippen LogP contribution is 2.28. The zero-order valence-corrected chi connectivity index (χ0v) is 14.5. The number of piperidine rings is 1. The molecule has 3 atom stereocenters. The van der Waals surface area contributed by atoms with Crippen LogP contribution in [0.2, 0.25) is 0 Å². The van der Waals surface area contributed by atoms with Crippen LogP contribution in [-0.2, 0) is 16.1 Å². The van der Waals surface area contributed by atoms with Crippen molar-refractivity contribution in [2.45, 2.75) is 37.6 Å². The Morgan fingerprint density at radius 3 is 2.59 bits per heavy atom. The molecule has 3 aliphatic heterocycles. The summed E-state index contributed by atoms with van der Waals surface area (Å²) in [6.07, 6.45) is -0.237. The second kappa shape index (κ2) is 6.84. The fourth-order valence-electron chi connectivity index (χ4n) is 3.75. The summed E-state index contributed by atoms with van der Waals surface area (Å²) in [5, 5.41) is 18.3. The molecular weight excluding hydrogens is 352 g/mol. The van der Waals surface area contributed by atoms with Gasteiger partial charge in [0.25, 0.3) is 11.8 Å². The van der Waals surface area contributed by atoms with E-state index in [1.165, 1.54) is 0 Å². The molecule has 2 saturated heterocycles. The first-order chi connectivity index (χ1) is 13.0. The Balaban J connectivity index is 1.51. The van der Waals surface area contributed by atoms with Gasteiger partial charge >= 0.3 is 0 Å². The number of β-amino-alcohol motifs (C(OH)–C–C–N with tert-alkyl or cyclic N) is 1. The first kappa shape index (κ1) is 17.8. The molecule has 3 aliphatic rings.